The molecule has 1 aliphatic heterocycles. The Bertz CT molecular complexity index is 964. The maximum absolute atomic E-state index is 12.4. The van der Waals surface area contributed by atoms with Gasteiger partial charge in [0.1, 0.15) is 12.4 Å². The maximum Gasteiger partial charge on any atom is 0.341 e. The number of hydrogen-bond donors (Lipinski definition) is 2. The molecule has 0 bridgehead atoms. The zero-order chi connectivity index (χ0) is 21.7. The van der Waals surface area contributed by atoms with Crippen molar-refractivity contribution in [3.05, 3.63) is 53.6 Å². The highest BCUT2D eigenvalue weighted by Crippen LogP contribution is 2.36. The lowest BCUT2D eigenvalue weighted by molar-refractivity contribution is -0.139. The first-order valence-electron chi connectivity index (χ1n) is 9.44. The number of hydrogen-bond acceptors (Lipinski definition) is 6. The van der Waals surface area contributed by atoms with Crippen LogP contribution < -0.4 is 19.6 Å². The van der Waals surface area contributed by atoms with Gasteiger partial charge in [0.25, 0.3) is 5.91 Å². The van der Waals surface area contributed by atoms with Gasteiger partial charge in [-0.3, -0.25) is 4.79 Å². The van der Waals surface area contributed by atoms with Crippen molar-refractivity contribution in [3.63, 3.8) is 0 Å². The lowest BCUT2D eigenvalue weighted by Crippen LogP contribution is -2.42. The van der Waals surface area contributed by atoms with Crippen molar-refractivity contribution in [3.8, 4) is 17.2 Å². The molecule has 1 heterocycles. The molecule has 158 valence electrons. The molecule has 30 heavy (non-hydrogen) atoms. The van der Waals surface area contributed by atoms with E-state index in [4.69, 9.17) is 19.3 Å². The number of fused-ring (bicyclic) bond motifs is 1. The number of nitrogens with one attached hydrogen (secondary N) is 1. The summed E-state index contributed by atoms with van der Waals surface area (Å²) >= 11 is 0. The van der Waals surface area contributed by atoms with Crippen LogP contribution in [0.5, 0.6) is 17.2 Å². The minimum Gasteiger partial charge on any atom is -0.485 e. The van der Waals surface area contributed by atoms with Crippen molar-refractivity contribution in [1.82, 2.24) is 5.43 Å². The Kier molecular flexibility index (Phi) is 6.25. The van der Waals surface area contributed by atoms with Gasteiger partial charge in [0.05, 0.1) is 6.21 Å². The van der Waals surface area contributed by atoms with Crippen LogP contribution in [0.15, 0.2) is 47.6 Å². The second kappa shape index (κ2) is 8.86. The van der Waals surface area contributed by atoms with Crippen LogP contribution in [0, 0.1) is 0 Å². The average molecular weight is 412 g/mol. The summed E-state index contributed by atoms with van der Waals surface area (Å²) in [6.07, 6.45) is 0.535. The largest absolute Gasteiger partial charge is 0.485 e. The fraction of sp³-hybridized carbons (Fsp3) is 0.318. The predicted molar refractivity (Wildman–Crippen MR) is 110 cm³/mol. The third-order valence-electron chi connectivity index (χ3n) is 4.41. The molecular weight excluding hydrogens is 388 g/mol. The zero-order valence-corrected chi connectivity index (χ0v) is 17.0. The molecule has 1 aliphatic rings. The van der Waals surface area contributed by atoms with Gasteiger partial charge in [-0.2, -0.15) is 5.10 Å². The molecule has 0 radical (unpaired) electrons. The molecule has 0 fully saturated rings. The van der Waals surface area contributed by atoms with Gasteiger partial charge in [0, 0.05) is 5.56 Å². The number of aliphatic carboxylic acids is 1. The van der Waals surface area contributed by atoms with Crippen LogP contribution in [-0.4, -0.2) is 42.5 Å². The van der Waals surface area contributed by atoms with E-state index in [-0.39, 0.29) is 12.0 Å². The average Bonchev–Trinajstić information content (AvgIpc) is 2.71. The number of benzene rings is 2. The topological polar surface area (TPSA) is 106 Å². The summed E-state index contributed by atoms with van der Waals surface area (Å²) in [5.41, 5.74) is 3.96. The first-order valence-corrected chi connectivity index (χ1v) is 9.44. The normalized spacial score (nSPS) is 15.6. The van der Waals surface area contributed by atoms with Gasteiger partial charge in [0.15, 0.2) is 18.1 Å². The first-order chi connectivity index (χ1) is 14.2. The summed E-state index contributed by atoms with van der Waals surface area (Å²) in [6.45, 7) is 5.88. The van der Waals surface area contributed by atoms with E-state index in [2.05, 4.69) is 31.3 Å². The van der Waals surface area contributed by atoms with Crippen molar-refractivity contribution < 1.29 is 28.9 Å². The Labute approximate surface area is 174 Å². The SMILES string of the molecule is CC(C)(C)c1ccc2c(c1)OC(C(=O)N/N=C\c1ccccc1OCC(=O)O)CO2. The lowest BCUT2D eigenvalue weighted by Gasteiger charge is -2.27. The molecule has 2 aromatic carbocycles. The predicted octanol–water partition coefficient (Wildman–Crippen LogP) is 2.74. The van der Waals surface area contributed by atoms with Crippen LogP contribution in [0.4, 0.5) is 0 Å². The Balaban J connectivity index is 1.63. The highest BCUT2D eigenvalue weighted by molar-refractivity contribution is 5.86. The van der Waals surface area contributed by atoms with Crippen LogP contribution in [0.3, 0.4) is 0 Å². The molecular formula is C22H24N2O6. The summed E-state index contributed by atoms with van der Waals surface area (Å²) in [5.74, 6) is -0.0783. The molecule has 3 rings (SSSR count). The van der Waals surface area contributed by atoms with Crippen molar-refractivity contribution >= 4 is 18.1 Å². The number of rotatable bonds is 6. The fourth-order valence-electron chi connectivity index (χ4n) is 2.76. The van der Waals surface area contributed by atoms with E-state index in [0.717, 1.165) is 5.56 Å². The van der Waals surface area contributed by atoms with Gasteiger partial charge in [-0.1, -0.05) is 39.0 Å². The molecule has 0 aliphatic carbocycles. The van der Waals surface area contributed by atoms with Gasteiger partial charge in [-0.15, -0.1) is 0 Å². The van der Waals surface area contributed by atoms with Crippen LogP contribution in [0.2, 0.25) is 0 Å². The molecule has 0 saturated carbocycles. The Morgan fingerprint density at radius 3 is 2.73 bits per heavy atom. The monoisotopic (exact) mass is 412 g/mol. The second-order valence-corrected chi connectivity index (χ2v) is 7.78. The molecule has 2 aromatic rings. The Morgan fingerprint density at radius 2 is 2.00 bits per heavy atom. The van der Waals surface area contributed by atoms with Crippen LogP contribution >= 0.6 is 0 Å². The molecule has 2 N–H and O–H groups in total. The van der Waals surface area contributed by atoms with E-state index in [9.17, 15) is 9.59 Å². The van der Waals surface area contributed by atoms with Crippen molar-refractivity contribution in [2.24, 2.45) is 5.10 Å². The Morgan fingerprint density at radius 1 is 1.23 bits per heavy atom. The highest BCUT2D eigenvalue weighted by Gasteiger charge is 2.28. The van der Waals surface area contributed by atoms with E-state index < -0.39 is 24.6 Å². The molecule has 1 unspecified atom stereocenters. The van der Waals surface area contributed by atoms with Gasteiger partial charge in [-0.25, -0.2) is 10.2 Å². The van der Waals surface area contributed by atoms with E-state index in [1.54, 1.807) is 24.3 Å². The first kappa shape index (κ1) is 21.2. The minimum absolute atomic E-state index is 0.0615. The van der Waals surface area contributed by atoms with Crippen molar-refractivity contribution in [2.45, 2.75) is 32.3 Å². The molecule has 8 nitrogen and oxygen atoms in total. The number of carbonyl (C=O) groups is 2. The summed E-state index contributed by atoms with van der Waals surface area (Å²) < 4.78 is 16.7. The molecule has 0 saturated heterocycles. The summed E-state index contributed by atoms with van der Waals surface area (Å²) in [4.78, 5) is 23.1. The van der Waals surface area contributed by atoms with E-state index in [1.165, 1.54) is 6.21 Å². The zero-order valence-electron chi connectivity index (χ0n) is 17.0. The van der Waals surface area contributed by atoms with Gasteiger partial charge in [-0.05, 0) is 35.2 Å². The number of carbonyl (C=O) groups excluding carboxylic acids is 1. The van der Waals surface area contributed by atoms with Gasteiger partial charge < -0.3 is 19.3 Å². The van der Waals surface area contributed by atoms with Crippen molar-refractivity contribution in [2.75, 3.05) is 13.2 Å². The van der Waals surface area contributed by atoms with Crippen LogP contribution in [-0.2, 0) is 15.0 Å². The molecule has 1 atom stereocenters. The third kappa shape index (κ3) is 5.28. The van der Waals surface area contributed by atoms with Crippen molar-refractivity contribution in [1.29, 1.82) is 0 Å². The van der Waals surface area contributed by atoms with E-state index in [1.807, 2.05) is 18.2 Å². The highest BCUT2D eigenvalue weighted by atomic mass is 16.6. The number of carboxylic acid groups (broad SMARTS) is 1. The number of nitrogens with zero attached hydrogens (tertiary/aromatic N) is 1. The quantitative estimate of drug-likeness (QED) is 0.558. The number of carboxylic acids is 1. The number of ether oxygens (including phenoxy) is 3. The van der Waals surface area contributed by atoms with Gasteiger partial charge >= 0.3 is 5.97 Å². The number of hydrazone groups is 1. The summed E-state index contributed by atoms with van der Waals surface area (Å²) in [6, 6.07) is 12.5. The summed E-state index contributed by atoms with van der Waals surface area (Å²) in [7, 11) is 0. The maximum atomic E-state index is 12.4. The fourth-order valence-corrected chi connectivity index (χ4v) is 2.76. The van der Waals surface area contributed by atoms with E-state index in [0.29, 0.717) is 22.8 Å². The molecule has 8 heteroatoms. The lowest BCUT2D eigenvalue weighted by atomic mass is 9.87. The van der Waals surface area contributed by atoms with Gasteiger partial charge in [0.2, 0.25) is 6.10 Å². The smallest absolute Gasteiger partial charge is 0.341 e. The third-order valence-corrected chi connectivity index (χ3v) is 4.41. The second-order valence-electron chi connectivity index (χ2n) is 7.78. The Hall–Kier alpha value is -3.55. The molecule has 0 aromatic heterocycles. The van der Waals surface area contributed by atoms with E-state index >= 15 is 0 Å². The molecule has 0 spiro atoms. The minimum atomic E-state index is -1.08. The standard InChI is InChI=1S/C22H24N2O6/c1-22(2,3)15-8-9-17-18(10-15)30-19(12-28-17)21(27)24-23-11-14-6-4-5-7-16(14)29-13-20(25)26/h4-11,19H,12-13H2,1-3H3,(H,24,27)(H,25,26)/b23-11-. The number of para-hydroxylation sites is 1. The van der Waals surface area contributed by atoms with Crippen LogP contribution in [0.25, 0.3) is 0 Å². The van der Waals surface area contributed by atoms with Crippen LogP contribution in [0.1, 0.15) is 31.9 Å². The molecule has 1 amide bonds. The summed E-state index contributed by atoms with van der Waals surface area (Å²) in [5, 5.41) is 12.7. The number of amides is 1.